The molecule has 0 heterocycles. The minimum absolute atomic E-state index is 1.03. The van der Waals surface area contributed by atoms with Crippen LogP contribution in [0.3, 0.4) is 0 Å². The Morgan fingerprint density at radius 3 is 1.17 bits per heavy atom. The lowest BCUT2D eigenvalue weighted by molar-refractivity contribution is 0.273. The van der Waals surface area contributed by atoms with E-state index in [1.165, 1.54) is 12.3 Å². The van der Waals surface area contributed by atoms with Gasteiger partial charge in [-0.25, -0.2) is 0 Å². The summed E-state index contributed by atoms with van der Waals surface area (Å²) in [6.45, 7) is 13.5. The van der Waals surface area contributed by atoms with E-state index in [1.807, 2.05) is 0 Å². The molecule has 110 valence electrons. The van der Waals surface area contributed by atoms with Crippen LogP contribution >= 0.6 is 12.1 Å². The molecule has 0 aromatic heterocycles. The van der Waals surface area contributed by atoms with Crippen molar-refractivity contribution in [1.82, 2.24) is 9.80 Å². The van der Waals surface area contributed by atoms with Crippen molar-refractivity contribution >= 4 is 35.7 Å². The molecule has 0 radical (unpaired) electrons. The predicted molar refractivity (Wildman–Crippen MR) is 97.0 cm³/mol. The van der Waals surface area contributed by atoms with E-state index in [4.69, 9.17) is 23.6 Å². The lowest BCUT2D eigenvalue weighted by atomic mass is 10.5. The standard InChI is InChI=1S/C12H30N2P2S2/c1-13(9-11-15(3,4)17)7-8-14(2)10-12-16(5,6)18/h7-12H2,1-6H3. The molecule has 2 nitrogen and oxygen atoms in total. The van der Waals surface area contributed by atoms with Gasteiger partial charge in [0.2, 0.25) is 0 Å². The Kier molecular flexibility index (Phi) is 9.07. The summed E-state index contributed by atoms with van der Waals surface area (Å²) in [5.74, 6) is 0. The third-order valence-electron chi connectivity index (χ3n) is 2.90. The highest BCUT2D eigenvalue weighted by Gasteiger charge is 2.08. The molecule has 0 aromatic carbocycles. The zero-order valence-electron chi connectivity index (χ0n) is 12.8. The Morgan fingerprint density at radius 2 is 0.944 bits per heavy atom. The van der Waals surface area contributed by atoms with Crippen molar-refractivity contribution < 1.29 is 0 Å². The van der Waals surface area contributed by atoms with E-state index in [1.54, 1.807) is 0 Å². The minimum atomic E-state index is -1.03. The summed E-state index contributed by atoms with van der Waals surface area (Å²) < 4.78 is 0. The zero-order valence-corrected chi connectivity index (χ0v) is 16.3. The maximum Gasteiger partial charge on any atom is 0.0106 e. The molecular weight excluding hydrogens is 298 g/mol. The van der Waals surface area contributed by atoms with E-state index in [0.717, 1.165) is 26.2 Å². The average molecular weight is 328 g/mol. The van der Waals surface area contributed by atoms with Gasteiger partial charge in [0.25, 0.3) is 0 Å². The van der Waals surface area contributed by atoms with Gasteiger partial charge in [-0.1, -0.05) is 23.6 Å². The van der Waals surface area contributed by atoms with Crippen molar-refractivity contribution in [3.63, 3.8) is 0 Å². The molecule has 0 atom stereocenters. The van der Waals surface area contributed by atoms with Crippen molar-refractivity contribution in [3.05, 3.63) is 0 Å². The summed E-state index contributed by atoms with van der Waals surface area (Å²) in [4.78, 5) is 4.80. The highest BCUT2D eigenvalue weighted by Crippen LogP contribution is 2.36. The Balaban J connectivity index is 3.75. The first-order chi connectivity index (χ1) is 7.99. The number of likely N-dealkylation sites (N-methyl/N-ethyl adjacent to an activating group) is 2. The van der Waals surface area contributed by atoms with Crippen LogP contribution in [0.2, 0.25) is 0 Å². The van der Waals surface area contributed by atoms with Gasteiger partial charge < -0.3 is 9.80 Å². The van der Waals surface area contributed by atoms with Crippen LogP contribution in [0.1, 0.15) is 0 Å². The van der Waals surface area contributed by atoms with E-state index in [9.17, 15) is 0 Å². The van der Waals surface area contributed by atoms with Gasteiger partial charge in [0.1, 0.15) is 0 Å². The molecule has 18 heavy (non-hydrogen) atoms. The lowest BCUT2D eigenvalue weighted by Gasteiger charge is -2.24. The molecule has 0 spiro atoms. The zero-order chi connectivity index (χ0) is 14.4. The van der Waals surface area contributed by atoms with Crippen LogP contribution in [0.4, 0.5) is 0 Å². The van der Waals surface area contributed by atoms with E-state index in [2.05, 4.69) is 50.6 Å². The molecular formula is C12H30N2P2S2. The van der Waals surface area contributed by atoms with E-state index >= 15 is 0 Å². The number of nitrogens with zero attached hydrogens (tertiary/aromatic N) is 2. The first-order valence-corrected chi connectivity index (χ1v) is 14.2. The molecule has 0 N–H and O–H groups in total. The molecule has 0 bridgehead atoms. The van der Waals surface area contributed by atoms with Gasteiger partial charge in [0, 0.05) is 26.2 Å². The molecule has 0 unspecified atom stereocenters. The summed E-state index contributed by atoms with van der Waals surface area (Å²) >= 11 is 11.0. The topological polar surface area (TPSA) is 6.48 Å². The van der Waals surface area contributed by atoms with Crippen molar-refractivity contribution in [2.75, 3.05) is 79.3 Å². The second kappa shape index (κ2) is 8.49. The molecule has 0 fully saturated rings. The third-order valence-corrected chi connectivity index (χ3v) is 6.55. The van der Waals surface area contributed by atoms with Gasteiger partial charge in [-0.2, -0.15) is 0 Å². The van der Waals surface area contributed by atoms with Crippen LogP contribution in [0.15, 0.2) is 0 Å². The maximum atomic E-state index is 5.49. The Hall–Kier alpha value is 1.22. The van der Waals surface area contributed by atoms with Crippen LogP contribution in [-0.2, 0) is 23.6 Å². The van der Waals surface area contributed by atoms with Gasteiger partial charge in [0.05, 0.1) is 0 Å². The second-order valence-electron chi connectivity index (χ2n) is 6.20. The number of hydrogen-bond acceptors (Lipinski definition) is 4. The van der Waals surface area contributed by atoms with Crippen LogP contribution in [0.5, 0.6) is 0 Å². The SMILES string of the molecule is CN(CCN(C)CCP(C)(C)=S)CCP(C)(C)=S. The molecule has 6 heteroatoms. The number of rotatable bonds is 9. The normalized spacial score (nSPS) is 13.6. The third kappa shape index (κ3) is 13.6. The molecule has 0 rings (SSSR count). The van der Waals surface area contributed by atoms with Gasteiger partial charge in [-0.15, -0.1) is 0 Å². The summed E-state index contributed by atoms with van der Waals surface area (Å²) in [5, 5.41) is 0. The molecule has 0 aromatic rings. The summed E-state index contributed by atoms with van der Waals surface area (Å²) in [6.07, 6.45) is 2.38. The summed E-state index contributed by atoms with van der Waals surface area (Å²) in [7, 11) is 4.39. The van der Waals surface area contributed by atoms with Crippen molar-refractivity contribution in [3.8, 4) is 0 Å². The van der Waals surface area contributed by atoms with Gasteiger partial charge >= 0.3 is 0 Å². The first kappa shape index (κ1) is 19.2. The summed E-state index contributed by atoms with van der Waals surface area (Å²) in [6, 6.07) is -2.07. The highest BCUT2D eigenvalue weighted by molar-refractivity contribution is 8.14. The Labute approximate surface area is 125 Å². The van der Waals surface area contributed by atoms with Gasteiger partial charge in [-0.3, -0.25) is 0 Å². The molecule has 0 saturated heterocycles. The average Bonchev–Trinajstić information content (AvgIpc) is 2.18. The van der Waals surface area contributed by atoms with Crippen LogP contribution < -0.4 is 0 Å². The van der Waals surface area contributed by atoms with Crippen molar-refractivity contribution in [2.24, 2.45) is 0 Å². The maximum absolute atomic E-state index is 5.49. The second-order valence-corrected chi connectivity index (χ2v) is 19.3. The van der Waals surface area contributed by atoms with Crippen molar-refractivity contribution in [1.29, 1.82) is 0 Å². The quantitative estimate of drug-likeness (QED) is 0.599. The predicted octanol–water partition coefficient (Wildman–Crippen LogP) is 2.33. The molecule has 0 aliphatic rings. The Bertz CT molecular complexity index is 290. The van der Waals surface area contributed by atoms with Gasteiger partial charge in [0.15, 0.2) is 0 Å². The van der Waals surface area contributed by atoms with Crippen molar-refractivity contribution in [2.45, 2.75) is 0 Å². The van der Waals surface area contributed by atoms with Crippen LogP contribution in [0.25, 0.3) is 0 Å². The minimum Gasteiger partial charge on any atom is -0.305 e. The van der Waals surface area contributed by atoms with E-state index < -0.39 is 12.1 Å². The van der Waals surface area contributed by atoms with Gasteiger partial charge in [-0.05, 0) is 65.2 Å². The van der Waals surface area contributed by atoms with E-state index in [0.29, 0.717) is 0 Å². The fourth-order valence-electron chi connectivity index (χ4n) is 1.39. The lowest BCUT2D eigenvalue weighted by Crippen LogP contribution is -2.33. The fraction of sp³-hybridized carbons (Fsp3) is 1.00. The summed E-state index contributed by atoms with van der Waals surface area (Å²) in [5.41, 5.74) is 0. The van der Waals surface area contributed by atoms with Crippen LogP contribution in [0, 0.1) is 0 Å². The van der Waals surface area contributed by atoms with Crippen LogP contribution in [-0.4, -0.2) is 89.1 Å². The monoisotopic (exact) mass is 328 g/mol. The molecule has 0 aliphatic heterocycles. The molecule has 0 aliphatic carbocycles. The highest BCUT2D eigenvalue weighted by atomic mass is 32.4. The fourth-order valence-corrected chi connectivity index (χ4v) is 3.52. The number of hydrogen-bond donors (Lipinski definition) is 0. The first-order valence-electron chi connectivity index (χ1n) is 6.45. The van der Waals surface area contributed by atoms with E-state index in [-0.39, 0.29) is 0 Å². The smallest absolute Gasteiger partial charge is 0.0106 e. The molecule has 0 amide bonds. The Morgan fingerprint density at radius 1 is 0.667 bits per heavy atom. The molecule has 0 saturated carbocycles. The largest absolute Gasteiger partial charge is 0.305 e.